The van der Waals surface area contributed by atoms with Crippen molar-refractivity contribution in [2.24, 2.45) is 5.10 Å². The Hall–Kier alpha value is -4.38. The summed E-state index contributed by atoms with van der Waals surface area (Å²) in [6.07, 6.45) is 1.32. The van der Waals surface area contributed by atoms with Gasteiger partial charge in [-0.2, -0.15) is 5.10 Å². The van der Waals surface area contributed by atoms with Crippen molar-refractivity contribution in [2.45, 2.75) is 0 Å². The first kappa shape index (κ1) is 27.2. The minimum Gasteiger partial charge on any atom is -0.497 e. The van der Waals surface area contributed by atoms with Crippen molar-refractivity contribution in [1.29, 1.82) is 0 Å². The van der Waals surface area contributed by atoms with Crippen LogP contribution in [0.1, 0.15) is 26.3 Å². The number of methoxy groups -OCH3 is 3. The third-order valence-corrected chi connectivity index (χ3v) is 5.44. The molecule has 0 bridgehead atoms. The van der Waals surface area contributed by atoms with E-state index in [1.54, 1.807) is 54.6 Å². The van der Waals surface area contributed by atoms with E-state index in [-0.39, 0.29) is 17.9 Å². The van der Waals surface area contributed by atoms with Crippen LogP contribution in [0.2, 0.25) is 0 Å². The maximum Gasteiger partial charge on any atom is 0.343 e. The van der Waals surface area contributed by atoms with E-state index < -0.39 is 17.8 Å². The Balaban J connectivity index is 1.61. The van der Waals surface area contributed by atoms with Gasteiger partial charge in [-0.15, -0.1) is 0 Å². The highest BCUT2D eigenvalue weighted by Gasteiger charge is 2.15. The number of carbonyl (C=O) groups is 3. The van der Waals surface area contributed by atoms with Gasteiger partial charge < -0.3 is 24.3 Å². The SMILES string of the molecule is COc1ccc(C(=O)NCC(=O)NN=Cc2cc(Br)ccc2OC(=O)c2ccc(OC)c(OC)c2)cc1. The zero-order chi connectivity index (χ0) is 26.8. The molecule has 0 saturated carbocycles. The molecule has 0 aliphatic carbocycles. The summed E-state index contributed by atoms with van der Waals surface area (Å²) in [4.78, 5) is 37.0. The van der Waals surface area contributed by atoms with Gasteiger partial charge >= 0.3 is 5.97 Å². The molecular weight excluding hydrogens is 546 g/mol. The molecule has 3 aromatic rings. The normalized spacial score (nSPS) is 10.5. The molecule has 10 nitrogen and oxygen atoms in total. The van der Waals surface area contributed by atoms with Crippen LogP contribution in [0.5, 0.6) is 23.0 Å². The summed E-state index contributed by atoms with van der Waals surface area (Å²) in [5, 5.41) is 6.41. The Morgan fingerprint density at radius 1 is 0.838 bits per heavy atom. The number of nitrogens with one attached hydrogen (secondary N) is 2. The molecule has 37 heavy (non-hydrogen) atoms. The second-order valence-electron chi connectivity index (χ2n) is 7.35. The summed E-state index contributed by atoms with van der Waals surface area (Å²) in [5.41, 5.74) is 3.38. The van der Waals surface area contributed by atoms with Gasteiger partial charge in [0.05, 0.1) is 39.7 Å². The third kappa shape index (κ3) is 7.55. The maximum atomic E-state index is 12.7. The summed E-state index contributed by atoms with van der Waals surface area (Å²) in [6.45, 7) is -0.290. The number of esters is 1. The van der Waals surface area contributed by atoms with E-state index in [2.05, 4.69) is 31.8 Å². The van der Waals surface area contributed by atoms with E-state index in [9.17, 15) is 14.4 Å². The summed E-state index contributed by atoms with van der Waals surface area (Å²) in [6, 6.07) is 16.1. The number of ether oxygens (including phenoxy) is 4. The van der Waals surface area contributed by atoms with E-state index >= 15 is 0 Å². The zero-order valence-corrected chi connectivity index (χ0v) is 21.8. The standard InChI is InChI=1S/C26H24BrN3O7/c1-34-20-8-4-16(5-9-20)25(32)28-15-24(31)30-29-14-18-12-19(27)7-11-21(18)37-26(33)17-6-10-22(35-2)23(13-17)36-3/h4-14H,15H2,1-3H3,(H,28,32)(H,30,31). The molecule has 0 fully saturated rings. The predicted octanol–water partition coefficient (Wildman–Crippen LogP) is 3.57. The van der Waals surface area contributed by atoms with Gasteiger partial charge in [-0.3, -0.25) is 9.59 Å². The fourth-order valence-corrected chi connectivity index (χ4v) is 3.43. The van der Waals surface area contributed by atoms with E-state index in [4.69, 9.17) is 18.9 Å². The lowest BCUT2D eigenvalue weighted by molar-refractivity contribution is -0.120. The number of carbonyl (C=O) groups excluding carboxylic acids is 3. The third-order valence-electron chi connectivity index (χ3n) is 4.95. The Morgan fingerprint density at radius 3 is 2.19 bits per heavy atom. The fourth-order valence-electron chi connectivity index (χ4n) is 3.05. The molecule has 2 amide bonds. The van der Waals surface area contributed by atoms with Crippen LogP contribution in [0, 0.1) is 0 Å². The summed E-state index contributed by atoms with van der Waals surface area (Å²) in [5.74, 6) is 0.111. The van der Waals surface area contributed by atoms with Gasteiger partial charge in [-0.05, 0) is 60.7 Å². The highest BCUT2D eigenvalue weighted by atomic mass is 79.9. The van der Waals surface area contributed by atoms with Crippen molar-refractivity contribution < 1.29 is 33.3 Å². The summed E-state index contributed by atoms with van der Waals surface area (Å²) in [7, 11) is 4.49. The quantitative estimate of drug-likeness (QED) is 0.165. The molecule has 3 rings (SSSR count). The van der Waals surface area contributed by atoms with Crippen molar-refractivity contribution in [2.75, 3.05) is 27.9 Å². The Kier molecular flexibility index (Phi) is 9.61. The molecule has 192 valence electrons. The number of benzene rings is 3. The lowest BCUT2D eigenvalue weighted by atomic mass is 10.2. The molecular formula is C26H24BrN3O7. The Morgan fingerprint density at radius 2 is 1.51 bits per heavy atom. The van der Waals surface area contributed by atoms with Crippen LogP contribution in [-0.2, 0) is 4.79 Å². The van der Waals surface area contributed by atoms with Gasteiger partial charge in [0.25, 0.3) is 11.8 Å². The summed E-state index contributed by atoms with van der Waals surface area (Å²) >= 11 is 3.36. The zero-order valence-electron chi connectivity index (χ0n) is 20.2. The Labute approximate surface area is 221 Å². The average molecular weight is 570 g/mol. The number of hydrazone groups is 1. The smallest absolute Gasteiger partial charge is 0.343 e. The molecule has 0 unspecified atom stereocenters. The van der Waals surface area contributed by atoms with Crippen LogP contribution in [0.15, 0.2) is 70.2 Å². The predicted molar refractivity (Wildman–Crippen MR) is 140 cm³/mol. The van der Waals surface area contributed by atoms with Crippen LogP contribution in [0.25, 0.3) is 0 Å². The largest absolute Gasteiger partial charge is 0.497 e. The molecule has 0 aliphatic heterocycles. The fraction of sp³-hybridized carbons (Fsp3) is 0.154. The van der Waals surface area contributed by atoms with Crippen molar-refractivity contribution in [3.8, 4) is 23.0 Å². The van der Waals surface area contributed by atoms with E-state index in [1.165, 1.54) is 33.6 Å². The number of halogens is 1. The molecule has 3 aromatic carbocycles. The van der Waals surface area contributed by atoms with Crippen molar-refractivity contribution in [1.82, 2.24) is 10.7 Å². The maximum absolute atomic E-state index is 12.7. The Bertz CT molecular complexity index is 1310. The highest BCUT2D eigenvalue weighted by molar-refractivity contribution is 9.10. The minimum absolute atomic E-state index is 0.216. The average Bonchev–Trinajstić information content (AvgIpc) is 2.92. The van der Waals surface area contributed by atoms with Crippen LogP contribution < -0.4 is 29.7 Å². The van der Waals surface area contributed by atoms with Gasteiger partial charge in [-0.25, -0.2) is 10.2 Å². The van der Waals surface area contributed by atoms with E-state index in [0.717, 1.165) is 0 Å². The first-order chi connectivity index (χ1) is 17.8. The molecule has 0 spiro atoms. The molecule has 2 N–H and O–H groups in total. The number of hydrogen-bond donors (Lipinski definition) is 2. The first-order valence-electron chi connectivity index (χ1n) is 10.8. The van der Waals surface area contributed by atoms with Gasteiger partial charge in [0.15, 0.2) is 11.5 Å². The van der Waals surface area contributed by atoms with Gasteiger partial charge in [0, 0.05) is 15.6 Å². The van der Waals surface area contributed by atoms with E-state index in [1.807, 2.05) is 0 Å². The van der Waals surface area contributed by atoms with Crippen LogP contribution in [0.3, 0.4) is 0 Å². The number of nitrogens with zero attached hydrogens (tertiary/aromatic N) is 1. The van der Waals surface area contributed by atoms with Gasteiger partial charge in [0.2, 0.25) is 0 Å². The molecule has 0 radical (unpaired) electrons. The molecule has 0 heterocycles. The van der Waals surface area contributed by atoms with Crippen LogP contribution >= 0.6 is 15.9 Å². The van der Waals surface area contributed by atoms with Gasteiger partial charge in [0.1, 0.15) is 11.5 Å². The van der Waals surface area contributed by atoms with Crippen LogP contribution in [0.4, 0.5) is 0 Å². The lowest BCUT2D eigenvalue weighted by Crippen LogP contribution is -2.34. The highest BCUT2D eigenvalue weighted by Crippen LogP contribution is 2.29. The van der Waals surface area contributed by atoms with Crippen molar-refractivity contribution in [3.63, 3.8) is 0 Å². The van der Waals surface area contributed by atoms with Crippen LogP contribution in [-0.4, -0.2) is 51.9 Å². The van der Waals surface area contributed by atoms with Crippen molar-refractivity contribution in [3.05, 3.63) is 81.8 Å². The lowest BCUT2D eigenvalue weighted by Gasteiger charge is -2.11. The topological polar surface area (TPSA) is 125 Å². The number of rotatable bonds is 10. The van der Waals surface area contributed by atoms with Crippen molar-refractivity contribution >= 4 is 39.9 Å². The van der Waals surface area contributed by atoms with E-state index in [0.29, 0.717) is 32.8 Å². The number of amides is 2. The molecule has 0 aliphatic rings. The second-order valence-corrected chi connectivity index (χ2v) is 8.26. The molecule has 0 saturated heterocycles. The number of hydrogen-bond acceptors (Lipinski definition) is 8. The minimum atomic E-state index is -0.622. The first-order valence-corrected chi connectivity index (χ1v) is 11.6. The second kappa shape index (κ2) is 13.1. The molecule has 0 aromatic heterocycles. The summed E-state index contributed by atoms with van der Waals surface area (Å²) < 4.78 is 21.7. The monoisotopic (exact) mass is 569 g/mol. The van der Waals surface area contributed by atoms with Gasteiger partial charge in [-0.1, -0.05) is 15.9 Å². The molecule has 0 atom stereocenters. The molecule has 11 heteroatoms.